The summed E-state index contributed by atoms with van der Waals surface area (Å²) in [6.45, 7) is 0. The van der Waals surface area contributed by atoms with E-state index in [2.05, 4.69) is 10.4 Å². The highest BCUT2D eigenvalue weighted by atomic mass is 16.5. The van der Waals surface area contributed by atoms with Gasteiger partial charge >= 0.3 is 0 Å². The van der Waals surface area contributed by atoms with Gasteiger partial charge in [-0.1, -0.05) is 32.1 Å². The third kappa shape index (κ3) is 4.03. The molecular weight excluding hydrogens is 398 g/mol. The fraction of sp³-hybridized carbons (Fsp3) is 0.565. The number of aromatic nitrogens is 2. The van der Waals surface area contributed by atoms with Crippen molar-refractivity contribution >= 4 is 11.7 Å². The zero-order chi connectivity index (χ0) is 22.0. The number of benzene rings is 1. The second-order valence-corrected chi connectivity index (χ2v) is 8.34. The first-order chi connectivity index (χ1) is 15.1. The molecule has 0 radical (unpaired) electrons. The molecule has 8 heteroatoms. The van der Waals surface area contributed by atoms with E-state index in [1.54, 1.807) is 21.3 Å². The van der Waals surface area contributed by atoms with Crippen molar-refractivity contribution in [3.05, 3.63) is 33.6 Å². The summed E-state index contributed by atoms with van der Waals surface area (Å²) in [5, 5.41) is 6.00. The number of carbonyl (C=O) groups is 1. The lowest BCUT2D eigenvalue weighted by Crippen LogP contribution is -2.27. The van der Waals surface area contributed by atoms with Crippen molar-refractivity contribution in [2.45, 2.75) is 63.3 Å². The van der Waals surface area contributed by atoms with Crippen LogP contribution in [0.25, 0.3) is 0 Å². The second kappa shape index (κ2) is 9.08. The largest absolute Gasteiger partial charge is 0.493 e. The minimum absolute atomic E-state index is 0.107. The Bertz CT molecular complexity index is 976. The van der Waals surface area contributed by atoms with E-state index in [9.17, 15) is 9.59 Å². The van der Waals surface area contributed by atoms with Crippen LogP contribution in [0.2, 0.25) is 0 Å². The normalized spacial score (nSPS) is 19.7. The highest BCUT2D eigenvalue weighted by Crippen LogP contribution is 2.44. The molecule has 2 aliphatic rings. The van der Waals surface area contributed by atoms with Crippen molar-refractivity contribution in [2.75, 3.05) is 26.6 Å². The van der Waals surface area contributed by atoms with Crippen molar-refractivity contribution < 1.29 is 19.0 Å². The van der Waals surface area contributed by atoms with Gasteiger partial charge in [-0.15, -0.1) is 0 Å². The predicted octanol–water partition coefficient (Wildman–Crippen LogP) is 3.96. The van der Waals surface area contributed by atoms with Crippen LogP contribution in [0.5, 0.6) is 17.2 Å². The Labute approximate surface area is 181 Å². The molecule has 1 aromatic heterocycles. The number of amides is 1. The van der Waals surface area contributed by atoms with Gasteiger partial charge in [-0.25, -0.2) is 0 Å². The average molecular weight is 430 g/mol. The number of ether oxygens (including phenoxy) is 3. The summed E-state index contributed by atoms with van der Waals surface area (Å²) in [6, 6.07) is 3.83. The number of rotatable bonds is 5. The van der Waals surface area contributed by atoms with Crippen LogP contribution in [0.15, 0.2) is 16.9 Å². The Morgan fingerprint density at radius 3 is 2.10 bits per heavy atom. The summed E-state index contributed by atoms with van der Waals surface area (Å²) < 4.78 is 18.3. The van der Waals surface area contributed by atoms with Crippen LogP contribution in [-0.4, -0.2) is 37.0 Å². The van der Waals surface area contributed by atoms with E-state index in [1.165, 1.54) is 19.3 Å². The van der Waals surface area contributed by atoms with Crippen LogP contribution in [0.3, 0.4) is 0 Å². The first-order valence-electron chi connectivity index (χ1n) is 11.0. The summed E-state index contributed by atoms with van der Waals surface area (Å²) >= 11 is 0. The zero-order valence-corrected chi connectivity index (χ0v) is 18.5. The number of hydrogen-bond donors (Lipinski definition) is 2. The summed E-state index contributed by atoms with van der Waals surface area (Å²) in [4.78, 5) is 25.8. The smallest absolute Gasteiger partial charge is 0.270 e. The predicted molar refractivity (Wildman–Crippen MR) is 118 cm³/mol. The van der Waals surface area contributed by atoms with Gasteiger partial charge in [-0.2, -0.15) is 0 Å². The van der Waals surface area contributed by atoms with E-state index < -0.39 is 5.92 Å². The molecule has 1 aliphatic carbocycles. The molecule has 1 aromatic carbocycles. The first kappa shape index (κ1) is 21.3. The number of aromatic amines is 1. The average Bonchev–Trinajstić information content (AvgIpc) is 3.07. The summed E-state index contributed by atoms with van der Waals surface area (Å²) in [5.74, 6) is 1.59. The number of fused-ring (bicyclic) bond motifs is 1. The third-order valence-electron chi connectivity index (χ3n) is 6.49. The molecule has 1 saturated carbocycles. The van der Waals surface area contributed by atoms with Crippen molar-refractivity contribution in [3.8, 4) is 17.2 Å². The maximum absolute atomic E-state index is 13.1. The molecule has 1 aliphatic heterocycles. The van der Waals surface area contributed by atoms with Crippen LogP contribution in [0.4, 0.5) is 5.82 Å². The van der Waals surface area contributed by atoms with Gasteiger partial charge in [0.2, 0.25) is 11.7 Å². The van der Waals surface area contributed by atoms with E-state index in [4.69, 9.17) is 14.2 Å². The van der Waals surface area contributed by atoms with Crippen LogP contribution < -0.4 is 25.1 Å². The van der Waals surface area contributed by atoms with Gasteiger partial charge in [0.25, 0.3) is 5.56 Å². The van der Waals surface area contributed by atoms with Crippen molar-refractivity contribution in [1.82, 2.24) is 9.78 Å². The highest BCUT2D eigenvalue weighted by molar-refractivity contribution is 5.94. The zero-order valence-electron chi connectivity index (χ0n) is 18.5. The SMILES string of the molecule is COc1cc([C@@H]2CC(=O)Nc3c2c(=O)[nH]n3C2CCCCCCC2)cc(OC)c1OC. The molecule has 0 unspecified atom stereocenters. The standard InChI is InChI=1S/C23H31N3O5/c1-29-17-11-14(12-18(30-2)21(17)31-3)16-13-19(27)24-22-20(16)23(28)25-26(22)15-9-7-5-4-6-8-10-15/h11-12,15-16H,4-10,13H2,1-3H3,(H,24,27)(H,25,28)/t16-/m0/s1. The lowest BCUT2D eigenvalue weighted by molar-refractivity contribution is -0.116. The van der Waals surface area contributed by atoms with E-state index in [0.717, 1.165) is 31.2 Å². The number of nitrogens with one attached hydrogen (secondary N) is 2. The molecule has 1 atom stereocenters. The molecule has 2 N–H and O–H groups in total. The lowest BCUT2D eigenvalue weighted by atomic mass is 9.86. The van der Waals surface area contributed by atoms with E-state index >= 15 is 0 Å². The first-order valence-corrected chi connectivity index (χ1v) is 11.0. The Hall–Kier alpha value is -2.90. The summed E-state index contributed by atoms with van der Waals surface area (Å²) in [6.07, 6.45) is 8.14. The van der Waals surface area contributed by atoms with Gasteiger partial charge in [-0.05, 0) is 30.5 Å². The molecule has 0 spiro atoms. The highest BCUT2D eigenvalue weighted by Gasteiger charge is 2.35. The number of anilines is 1. The summed E-state index contributed by atoms with van der Waals surface area (Å²) in [5.41, 5.74) is 1.22. The number of hydrogen-bond acceptors (Lipinski definition) is 5. The van der Waals surface area contributed by atoms with Gasteiger partial charge in [0, 0.05) is 12.3 Å². The van der Waals surface area contributed by atoms with Crippen molar-refractivity contribution in [3.63, 3.8) is 0 Å². The van der Waals surface area contributed by atoms with Crippen LogP contribution >= 0.6 is 0 Å². The monoisotopic (exact) mass is 429 g/mol. The molecule has 1 fully saturated rings. The molecule has 0 bridgehead atoms. The maximum Gasteiger partial charge on any atom is 0.270 e. The quantitative estimate of drug-likeness (QED) is 0.750. The Morgan fingerprint density at radius 1 is 0.903 bits per heavy atom. The molecule has 2 heterocycles. The minimum atomic E-state index is -0.393. The number of methoxy groups -OCH3 is 3. The van der Waals surface area contributed by atoms with Gasteiger partial charge < -0.3 is 19.5 Å². The molecular formula is C23H31N3O5. The molecule has 1 amide bonds. The molecule has 0 saturated heterocycles. The lowest BCUT2D eigenvalue weighted by Gasteiger charge is -2.27. The number of H-pyrrole nitrogens is 1. The molecule has 31 heavy (non-hydrogen) atoms. The fourth-order valence-electron chi connectivity index (χ4n) is 4.94. The van der Waals surface area contributed by atoms with Gasteiger partial charge in [0.1, 0.15) is 5.82 Å². The molecule has 8 nitrogen and oxygen atoms in total. The Kier molecular flexibility index (Phi) is 6.25. The van der Waals surface area contributed by atoms with Crippen LogP contribution in [0.1, 0.15) is 74.5 Å². The molecule has 2 aromatic rings. The number of carbonyl (C=O) groups excluding carboxylic acids is 1. The number of nitrogens with zero attached hydrogens (tertiary/aromatic N) is 1. The van der Waals surface area contributed by atoms with Crippen molar-refractivity contribution in [2.24, 2.45) is 0 Å². The van der Waals surface area contributed by atoms with Crippen LogP contribution in [-0.2, 0) is 4.79 Å². The van der Waals surface area contributed by atoms with E-state index in [0.29, 0.717) is 28.6 Å². The maximum atomic E-state index is 13.1. The van der Waals surface area contributed by atoms with Gasteiger partial charge in [0.05, 0.1) is 32.9 Å². The van der Waals surface area contributed by atoms with Gasteiger partial charge in [0.15, 0.2) is 11.5 Å². The van der Waals surface area contributed by atoms with E-state index in [-0.39, 0.29) is 23.9 Å². The second-order valence-electron chi connectivity index (χ2n) is 8.34. The topological polar surface area (TPSA) is 94.6 Å². The van der Waals surface area contributed by atoms with Gasteiger partial charge in [-0.3, -0.25) is 19.4 Å². The summed E-state index contributed by atoms with van der Waals surface area (Å²) in [7, 11) is 4.65. The van der Waals surface area contributed by atoms with Crippen molar-refractivity contribution in [1.29, 1.82) is 0 Å². The van der Waals surface area contributed by atoms with Crippen LogP contribution in [0, 0.1) is 0 Å². The Balaban J connectivity index is 1.79. The molecule has 168 valence electrons. The molecule has 4 rings (SSSR count). The fourth-order valence-corrected chi connectivity index (χ4v) is 4.94. The van der Waals surface area contributed by atoms with E-state index in [1.807, 2.05) is 16.8 Å². The minimum Gasteiger partial charge on any atom is -0.493 e. The third-order valence-corrected chi connectivity index (χ3v) is 6.49. The Morgan fingerprint density at radius 2 is 1.52 bits per heavy atom.